The van der Waals surface area contributed by atoms with E-state index in [1.807, 2.05) is 12.1 Å². The molecule has 9 heteroatoms. The quantitative estimate of drug-likeness (QED) is 0.687. The topological polar surface area (TPSA) is 71.1 Å². The summed E-state index contributed by atoms with van der Waals surface area (Å²) in [6, 6.07) is 6.53. The summed E-state index contributed by atoms with van der Waals surface area (Å²) in [6.45, 7) is 1.89. The Morgan fingerprint density at radius 3 is 2.73 bits per heavy atom. The van der Waals surface area contributed by atoms with E-state index < -0.39 is 17.5 Å². The van der Waals surface area contributed by atoms with Gasteiger partial charge in [0.1, 0.15) is 11.6 Å². The lowest BCUT2D eigenvalue weighted by molar-refractivity contribution is -0.119. The highest BCUT2D eigenvalue weighted by Crippen LogP contribution is 2.31. The van der Waals surface area contributed by atoms with Crippen LogP contribution in [0.4, 0.5) is 13.9 Å². The van der Waals surface area contributed by atoms with Crippen molar-refractivity contribution in [1.29, 1.82) is 0 Å². The van der Waals surface area contributed by atoms with Gasteiger partial charge >= 0.3 is 0 Å². The van der Waals surface area contributed by atoms with Crippen LogP contribution in [0.25, 0.3) is 10.6 Å². The van der Waals surface area contributed by atoms with Crippen LogP contribution in [0.3, 0.4) is 0 Å². The molecule has 2 heterocycles. The van der Waals surface area contributed by atoms with Crippen molar-refractivity contribution in [3.63, 3.8) is 0 Å². The van der Waals surface area contributed by atoms with E-state index in [0.717, 1.165) is 21.9 Å². The maximum absolute atomic E-state index is 13.7. The molecular weight excluding hydrogens is 380 g/mol. The van der Waals surface area contributed by atoms with Crippen molar-refractivity contribution in [3.05, 3.63) is 57.8 Å². The minimum Gasteiger partial charge on any atom is -0.351 e. The fourth-order valence-corrected chi connectivity index (χ4v) is 3.79. The fourth-order valence-electron chi connectivity index (χ4n) is 2.10. The molecule has 0 saturated carbocycles. The van der Waals surface area contributed by atoms with Crippen LogP contribution in [0.5, 0.6) is 0 Å². The highest BCUT2D eigenvalue weighted by atomic mass is 32.1. The van der Waals surface area contributed by atoms with E-state index in [-0.39, 0.29) is 11.5 Å². The number of amides is 2. The van der Waals surface area contributed by atoms with Gasteiger partial charge in [-0.1, -0.05) is 0 Å². The minimum atomic E-state index is -0.930. The summed E-state index contributed by atoms with van der Waals surface area (Å²) >= 11 is 2.68. The minimum absolute atomic E-state index is 0.105. The lowest BCUT2D eigenvalue weighted by Crippen LogP contribution is -2.17. The van der Waals surface area contributed by atoms with Gasteiger partial charge in [-0.15, -0.1) is 22.7 Å². The number of anilines is 1. The van der Waals surface area contributed by atoms with Crippen molar-refractivity contribution >= 4 is 39.6 Å². The molecule has 0 aliphatic heterocycles. The van der Waals surface area contributed by atoms with E-state index in [2.05, 4.69) is 15.6 Å². The molecule has 134 valence electrons. The molecule has 0 radical (unpaired) electrons. The largest absolute Gasteiger partial charge is 0.351 e. The SMILES string of the molecule is CC(=O)NCc1ccc(-c2csc(NC(=O)c3ccc(F)cc3F)n2)s1. The number of carbonyl (C=O) groups is 2. The number of benzene rings is 1. The van der Waals surface area contributed by atoms with E-state index in [1.165, 1.54) is 29.6 Å². The van der Waals surface area contributed by atoms with Gasteiger partial charge in [-0.3, -0.25) is 14.9 Å². The average Bonchev–Trinajstić information content (AvgIpc) is 3.21. The van der Waals surface area contributed by atoms with Gasteiger partial charge in [0, 0.05) is 23.2 Å². The van der Waals surface area contributed by atoms with Gasteiger partial charge in [0.2, 0.25) is 5.91 Å². The van der Waals surface area contributed by atoms with Gasteiger partial charge in [0.15, 0.2) is 5.13 Å². The predicted molar refractivity (Wildman–Crippen MR) is 97.3 cm³/mol. The molecule has 0 bridgehead atoms. The van der Waals surface area contributed by atoms with E-state index in [0.29, 0.717) is 23.4 Å². The number of nitrogens with zero attached hydrogens (tertiary/aromatic N) is 1. The molecule has 0 aliphatic rings. The molecule has 1 aromatic carbocycles. The zero-order valence-electron chi connectivity index (χ0n) is 13.5. The average molecular weight is 393 g/mol. The second-order valence-corrected chi connectivity index (χ2v) is 7.32. The number of thiophene rings is 1. The van der Waals surface area contributed by atoms with Crippen LogP contribution in [0, 0.1) is 11.6 Å². The predicted octanol–water partition coefficient (Wildman–Crippen LogP) is 4.04. The van der Waals surface area contributed by atoms with E-state index in [1.54, 1.807) is 5.38 Å². The van der Waals surface area contributed by atoms with Crippen molar-refractivity contribution in [1.82, 2.24) is 10.3 Å². The van der Waals surface area contributed by atoms with Crippen LogP contribution in [0.1, 0.15) is 22.2 Å². The normalized spacial score (nSPS) is 10.6. The standard InChI is InChI=1S/C17H13F2N3O2S2/c1-9(23)20-7-11-3-5-15(26-11)14-8-25-17(21-14)22-16(24)12-4-2-10(18)6-13(12)19/h2-6,8H,7H2,1H3,(H,20,23)(H,21,22,24). The van der Waals surface area contributed by atoms with Gasteiger partial charge in [-0.25, -0.2) is 13.8 Å². The smallest absolute Gasteiger partial charge is 0.260 e. The first kappa shape index (κ1) is 18.2. The number of halogens is 2. The van der Waals surface area contributed by atoms with Crippen molar-refractivity contribution in [2.45, 2.75) is 13.5 Å². The number of thiazole rings is 1. The number of aromatic nitrogens is 1. The molecule has 26 heavy (non-hydrogen) atoms. The molecule has 0 fully saturated rings. The summed E-state index contributed by atoms with van der Waals surface area (Å²) in [5.74, 6) is -2.48. The summed E-state index contributed by atoms with van der Waals surface area (Å²) in [7, 11) is 0. The molecule has 3 rings (SSSR count). The molecule has 5 nitrogen and oxygen atoms in total. The molecule has 2 aromatic heterocycles. The van der Waals surface area contributed by atoms with Gasteiger partial charge < -0.3 is 5.32 Å². The second-order valence-electron chi connectivity index (χ2n) is 5.29. The van der Waals surface area contributed by atoms with Crippen molar-refractivity contribution in [2.75, 3.05) is 5.32 Å². The molecule has 0 aliphatic carbocycles. The third-order valence-corrected chi connectivity index (χ3v) is 5.19. The Labute approximate surface area is 155 Å². The summed E-state index contributed by atoms with van der Waals surface area (Å²) in [5, 5.41) is 7.31. The summed E-state index contributed by atoms with van der Waals surface area (Å²) in [4.78, 5) is 29.2. The maximum atomic E-state index is 13.7. The highest BCUT2D eigenvalue weighted by Gasteiger charge is 2.15. The number of hydrogen-bond acceptors (Lipinski definition) is 5. The first-order valence-corrected chi connectivity index (χ1v) is 9.17. The van der Waals surface area contributed by atoms with Crippen LogP contribution in [0.2, 0.25) is 0 Å². The van der Waals surface area contributed by atoms with Crippen LogP contribution in [0.15, 0.2) is 35.7 Å². The number of nitrogens with one attached hydrogen (secondary N) is 2. The molecule has 0 atom stereocenters. The molecule has 3 aromatic rings. The number of carbonyl (C=O) groups excluding carboxylic acids is 2. The molecule has 0 saturated heterocycles. The Balaban J connectivity index is 1.70. The van der Waals surface area contributed by atoms with Gasteiger partial charge in [0.05, 0.1) is 22.7 Å². The molecular formula is C17H13F2N3O2S2. The molecule has 2 N–H and O–H groups in total. The second kappa shape index (κ2) is 7.71. The Bertz CT molecular complexity index is 969. The monoisotopic (exact) mass is 393 g/mol. The number of rotatable bonds is 5. The fraction of sp³-hybridized carbons (Fsp3) is 0.118. The first-order valence-electron chi connectivity index (χ1n) is 7.48. The van der Waals surface area contributed by atoms with Crippen LogP contribution < -0.4 is 10.6 Å². The third kappa shape index (κ3) is 4.30. The highest BCUT2D eigenvalue weighted by molar-refractivity contribution is 7.17. The Morgan fingerprint density at radius 2 is 2.00 bits per heavy atom. The Hall–Kier alpha value is -2.65. The van der Waals surface area contributed by atoms with Gasteiger partial charge in [-0.05, 0) is 24.3 Å². The van der Waals surface area contributed by atoms with Crippen LogP contribution >= 0.6 is 22.7 Å². The summed E-state index contributed by atoms with van der Waals surface area (Å²) < 4.78 is 26.6. The zero-order valence-corrected chi connectivity index (χ0v) is 15.1. The Kier molecular flexibility index (Phi) is 5.38. The zero-order chi connectivity index (χ0) is 18.7. The van der Waals surface area contributed by atoms with Crippen LogP contribution in [-0.4, -0.2) is 16.8 Å². The van der Waals surface area contributed by atoms with Gasteiger partial charge in [0.25, 0.3) is 5.91 Å². The van der Waals surface area contributed by atoms with Crippen molar-refractivity contribution < 1.29 is 18.4 Å². The molecule has 2 amide bonds. The van der Waals surface area contributed by atoms with Crippen molar-refractivity contribution in [2.24, 2.45) is 0 Å². The van der Waals surface area contributed by atoms with Gasteiger partial charge in [-0.2, -0.15) is 0 Å². The van der Waals surface area contributed by atoms with E-state index in [9.17, 15) is 18.4 Å². The van der Waals surface area contributed by atoms with Crippen molar-refractivity contribution in [3.8, 4) is 10.6 Å². The van der Waals surface area contributed by atoms with E-state index >= 15 is 0 Å². The first-order chi connectivity index (χ1) is 12.4. The molecule has 0 unspecified atom stereocenters. The lowest BCUT2D eigenvalue weighted by atomic mass is 10.2. The Morgan fingerprint density at radius 1 is 1.19 bits per heavy atom. The summed E-state index contributed by atoms with van der Waals surface area (Å²) in [5.41, 5.74) is 0.417. The number of hydrogen-bond donors (Lipinski definition) is 2. The molecule has 0 spiro atoms. The maximum Gasteiger partial charge on any atom is 0.260 e. The third-order valence-electron chi connectivity index (χ3n) is 3.33. The van der Waals surface area contributed by atoms with Crippen LogP contribution in [-0.2, 0) is 11.3 Å². The van der Waals surface area contributed by atoms with E-state index in [4.69, 9.17) is 0 Å². The lowest BCUT2D eigenvalue weighted by Gasteiger charge is -2.03. The summed E-state index contributed by atoms with van der Waals surface area (Å²) in [6.07, 6.45) is 0.